The predicted octanol–water partition coefficient (Wildman–Crippen LogP) is 1.74. The summed E-state index contributed by atoms with van der Waals surface area (Å²) in [6.45, 7) is 1.05. The minimum atomic E-state index is -1.09. The van der Waals surface area contributed by atoms with Gasteiger partial charge in [0.05, 0.1) is 11.7 Å². The van der Waals surface area contributed by atoms with Crippen molar-refractivity contribution in [2.75, 3.05) is 12.0 Å². The van der Waals surface area contributed by atoms with E-state index in [-0.39, 0.29) is 5.69 Å². The Labute approximate surface area is 102 Å². The summed E-state index contributed by atoms with van der Waals surface area (Å²) in [4.78, 5) is 14.7. The van der Waals surface area contributed by atoms with Gasteiger partial charge in [-0.15, -0.1) is 0 Å². The number of aromatic carboxylic acids is 1. The Morgan fingerprint density at radius 1 is 1.56 bits per heavy atom. The van der Waals surface area contributed by atoms with Crippen molar-refractivity contribution in [1.29, 1.82) is 0 Å². The predicted molar refractivity (Wildman–Crippen MR) is 62.0 cm³/mol. The van der Waals surface area contributed by atoms with Gasteiger partial charge in [-0.05, 0) is 17.7 Å². The van der Waals surface area contributed by atoms with Crippen molar-refractivity contribution in [3.8, 4) is 11.5 Å². The topological polar surface area (TPSA) is 78.4 Å². The Balaban J connectivity index is 1.74. The molecule has 4 rings (SSSR count). The summed E-state index contributed by atoms with van der Waals surface area (Å²) >= 11 is 0. The van der Waals surface area contributed by atoms with Gasteiger partial charge in [0.15, 0.2) is 5.69 Å². The lowest BCUT2D eigenvalue weighted by Gasteiger charge is -2.04. The molecular formula is C12H9N3O3. The summed E-state index contributed by atoms with van der Waals surface area (Å²) in [5.74, 6) is -0.760. The van der Waals surface area contributed by atoms with Gasteiger partial charge < -0.3 is 14.9 Å². The first-order valence-corrected chi connectivity index (χ1v) is 5.59. The third-order valence-electron chi connectivity index (χ3n) is 3.26. The van der Waals surface area contributed by atoms with E-state index in [0.717, 1.165) is 24.1 Å². The van der Waals surface area contributed by atoms with Crippen LogP contribution in [0.15, 0.2) is 28.9 Å². The molecule has 0 bridgehead atoms. The number of hydrogen-bond acceptors (Lipinski definition) is 5. The van der Waals surface area contributed by atoms with Gasteiger partial charge in [0.2, 0.25) is 5.89 Å². The van der Waals surface area contributed by atoms with Gasteiger partial charge in [-0.3, -0.25) is 0 Å². The van der Waals surface area contributed by atoms with Crippen molar-refractivity contribution in [2.45, 2.75) is 6.04 Å². The molecule has 2 aromatic rings. The molecule has 1 aromatic heterocycles. The highest BCUT2D eigenvalue weighted by Crippen LogP contribution is 2.46. The number of carboxylic acid groups (broad SMARTS) is 1. The highest BCUT2D eigenvalue weighted by atomic mass is 16.4. The lowest BCUT2D eigenvalue weighted by atomic mass is 10.1. The molecule has 2 aliphatic rings. The summed E-state index contributed by atoms with van der Waals surface area (Å²) in [6.07, 6.45) is 1.15. The molecule has 2 aliphatic heterocycles. The van der Waals surface area contributed by atoms with Crippen LogP contribution in [0.25, 0.3) is 11.5 Å². The fourth-order valence-corrected chi connectivity index (χ4v) is 2.26. The van der Waals surface area contributed by atoms with Gasteiger partial charge in [-0.1, -0.05) is 6.07 Å². The second-order valence-corrected chi connectivity index (χ2v) is 4.43. The zero-order chi connectivity index (χ0) is 12.3. The molecule has 6 nitrogen and oxygen atoms in total. The van der Waals surface area contributed by atoms with Crippen LogP contribution in [-0.4, -0.2) is 27.6 Å². The molecule has 18 heavy (non-hydrogen) atoms. The van der Waals surface area contributed by atoms with Crippen LogP contribution in [0.4, 0.5) is 5.69 Å². The van der Waals surface area contributed by atoms with Gasteiger partial charge in [0.25, 0.3) is 0 Å². The summed E-state index contributed by atoms with van der Waals surface area (Å²) in [5, 5.41) is 10.9. The Morgan fingerprint density at radius 2 is 2.44 bits per heavy atom. The molecule has 2 N–H and O–H groups in total. The summed E-state index contributed by atoms with van der Waals surface area (Å²) < 4.78 is 5.18. The van der Waals surface area contributed by atoms with E-state index in [2.05, 4.69) is 15.4 Å². The largest absolute Gasteiger partial charge is 0.476 e. The number of rotatable bonds is 2. The number of nitrogens with zero attached hydrogens (tertiary/aromatic N) is 2. The molecule has 2 unspecified atom stereocenters. The van der Waals surface area contributed by atoms with Crippen molar-refractivity contribution in [2.24, 2.45) is 0 Å². The fraction of sp³-hybridized carbons (Fsp3) is 0.167. The Kier molecular flexibility index (Phi) is 1.67. The number of aromatic nitrogens is 1. The number of carbonyl (C=O) groups is 1. The number of carboxylic acids is 1. The highest BCUT2D eigenvalue weighted by Gasteiger charge is 2.43. The van der Waals surface area contributed by atoms with E-state index in [4.69, 9.17) is 9.52 Å². The number of nitrogens with one attached hydrogen (secondary N) is 1. The van der Waals surface area contributed by atoms with E-state index in [9.17, 15) is 4.79 Å². The average molecular weight is 243 g/mol. The monoisotopic (exact) mass is 243 g/mol. The number of oxazole rings is 1. The van der Waals surface area contributed by atoms with E-state index in [0.29, 0.717) is 11.9 Å². The summed E-state index contributed by atoms with van der Waals surface area (Å²) in [7, 11) is 0. The van der Waals surface area contributed by atoms with Gasteiger partial charge in [0.1, 0.15) is 6.26 Å². The Hall–Kier alpha value is -2.34. The normalized spacial score (nSPS) is 23.1. The smallest absolute Gasteiger partial charge is 0.357 e. The van der Waals surface area contributed by atoms with Crippen LogP contribution in [0.1, 0.15) is 22.1 Å². The van der Waals surface area contributed by atoms with E-state index in [1.165, 1.54) is 5.56 Å². The third kappa shape index (κ3) is 1.26. The number of hydrazine groups is 1. The van der Waals surface area contributed by atoms with Crippen LogP contribution < -0.4 is 5.43 Å². The van der Waals surface area contributed by atoms with Crippen molar-refractivity contribution < 1.29 is 14.3 Å². The number of hydrogen-bond donors (Lipinski definition) is 2. The van der Waals surface area contributed by atoms with Crippen LogP contribution in [0.5, 0.6) is 0 Å². The van der Waals surface area contributed by atoms with E-state index >= 15 is 0 Å². The number of fused-ring (bicyclic) bond motifs is 3. The van der Waals surface area contributed by atoms with Crippen LogP contribution >= 0.6 is 0 Å². The average Bonchev–Trinajstić information content (AvgIpc) is 2.85. The molecular weight excluding hydrogens is 234 g/mol. The zero-order valence-electron chi connectivity index (χ0n) is 9.25. The quantitative estimate of drug-likeness (QED) is 0.782. The first kappa shape index (κ1) is 9.67. The van der Waals surface area contributed by atoms with Gasteiger partial charge in [-0.25, -0.2) is 14.8 Å². The van der Waals surface area contributed by atoms with Crippen LogP contribution in [-0.2, 0) is 0 Å². The third-order valence-corrected chi connectivity index (χ3v) is 3.26. The molecule has 1 saturated heterocycles. The van der Waals surface area contributed by atoms with E-state index in [1.54, 1.807) is 0 Å². The molecule has 2 atom stereocenters. The van der Waals surface area contributed by atoms with Gasteiger partial charge in [-0.2, -0.15) is 0 Å². The maximum Gasteiger partial charge on any atom is 0.357 e. The second kappa shape index (κ2) is 3.11. The molecule has 6 heteroatoms. The van der Waals surface area contributed by atoms with Crippen LogP contribution in [0.2, 0.25) is 0 Å². The fourth-order valence-electron chi connectivity index (χ4n) is 2.26. The maximum absolute atomic E-state index is 10.7. The number of benzene rings is 1. The molecule has 1 aromatic carbocycles. The zero-order valence-corrected chi connectivity index (χ0v) is 9.25. The van der Waals surface area contributed by atoms with Crippen molar-refractivity contribution in [1.82, 2.24) is 9.99 Å². The minimum absolute atomic E-state index is 0.0787. The van der Waals surface area contributed by atoms with Gasteiger partial charge in [0, 0.05) is 12.1 Å². The lowest BCUT2D eigenvalue weighted by molar-refractivity contribution is 0.0690. The molecule has 3 heterocycles. The van der Waals surface area contributed by atoms with E-state index < -0.39 is 5.97 Å². The number of anilines is 1. The first-order valence-electron chi connectivity index (χ1n) is 5.59. The van der Waals surface area contributed by atoms with Crippen molar-refractivity contribution in [3.05, 3.63) is 35.7 Å². The first-order chi connectivity index (χ1) is 8.72. The van der Waals surface area contributed by atoms with Crippen molar-refractivity contribution >= 4 is 11.7 Å². The molecule has 0 aliphatic carbocycles. The van der Waals surface area contributed by atoms with Crippen LogP contribution in [0.3, 0.4) is 0 Å². The molecule has 0 spiro atoms. The molecule has 0 radical (unpaired) electrons. The Morgan fingerprint density at radius 3 is 3.22 bits per heavy atom. The van der Waals surface area contributed by atoms with Crippen LogP contribution in [0, 0.1) is 0 Å². The minimum Gasteiger partial charge on any atom is -0.476 e. The summed E-state index contributed by atoms with van der Waals surface area (Å²) in [6, 6.07) is 6.35. The standard InChI is InChI=1S/C12H9N3O3/c16-12(17)9-5-18-11(13-9)6-1-2-7-8(3-6)14-15-4-10(7)15/h1-3,5,10,14H,4H2,(H,16,17). The lowest BCUT2D eigenvalue weighted by Crippen LogP contribution is -2.01. The molecule has 0 saturated carbocycles. The molecule has 90 valence electrons. The molecule has 0 amide bonds. The second-order valence-electron chi connectivity index (χ2n) is 4.43. The molecule has 1 fully saturated rings. The van der Waals surface area contributed by atoms with Crippen molar-refractivity contribution in [3.63, 3.8) is 0 Å². The maximum atomic E-state index is 10.7. The summed E-state index contributed by atoms with van der Waals surface area (Å²) in [5.41, 5.74) is 6.26. The Bertz CT molecular complexity index is 664. The SMILES string of the molecule is O=C(O)c1coc(-c2ccc3c(c2)NN2CC32)n1. The van der Waals surface area contributed by atoms with Gasteiger partial charge >= 0.3 is 5.97 Å². The highest BCUT2D eigenvalue weighted by molar-refractivity contribution is 5.85. The van der Waals surface area contributed by atoms with E-state index in [1.807, 2.05) is 18.2 Å².